The number of hydrogen-bond acceptors (Lipinski definition) is 2. The number of carboxylic acids is 1. The summed E-state index contributed by atoms with van der Waals surface area (Å²) in [5.41, 5.74) is -0.889. The van der Waals surface area contributed by atoms with Crippen LogP contribution in [0.3, 0.4) is 0 Å². The maximum absolute atomic E-state index is 11.3. The van der Waals surface area contributed by atoms with Gasteiger partial charge in [0.2, 0.25) is 0 Å². The minimum Gasteiger partial charge on any atom is -0.481 e. The van der Waals surface area contributed by atoms with Crippen LogP contribution in [0.5, 0.6) is 0 Å². The molecular formula is C9H14INO4. The van der Waals surface area contributed by atoms with Crippen molar-refractivity contribution >= 4 is 34.7 Å². The van der Waals surface area contributed by atoms with Gasteiger partial charge in [0.25, 0.3) is 0 Å². The highest BCUT2D eigenvalue weighted by Gasteiger charge is 2.49. The van der Waals surface area contributed by atoms with E-state index >= 15 is 0 Å². The molecule has 1 aliphatic heterocycles. The van der Waals surface area contributed by atoms with E-state index in [1.807, 2.05) is 6.92 Å². The summed E-state index contributed by atoms with van der Waals surface area (Å²) in [4.78, 5) is 23.2. The van der Waals surface area contributed by atoms with Gasteiger partial charge < -0.3 is 15.1 Å². The van der Waals surface area contributed by atoms with Gasteiger partial charge in [-0.15, -0.1) is 0 Å². The monoisotopic (exact) mass is 327 g/mol. The van der Waals surface area contributed by atoms with Gasteiger partial charge >= 0.3 is 12.1 Å². The molecule has 2 N–H and O–H groups in total. The second kappa shape index (κ2) is 4.54. The van der Waals surface area contributed by atoms with Gasteiger partial charge in [0.15, 0.2) is 0 Å². The van der Waals surface area contributed by atoms with Gasteiger partial charge in [0, 0.05) is 17.5 Å². The average Bonchev–Trinajstić information content (AvgIpc) is 2.62. The molecule has 1 amide bonds. The Balaban J connectivity index is 2.87. The van der Waals surface area contributed by atoms with E-state index < -0.39 is 17.5 Å². The van der Waals surface area contributed by atoms with Crippen LogP contribution in [0.2, 0.25) is 0 Å². The zero-order chi connectivity index (χ0) is 11.6. The third kappa shape index (κ3) is 2.19. The average molecular weight is 327 g/mol. The predicted octanol–water partition coefficient (Wildman–Crippen LogP) is 1.51. The molecule has 1 fully saturated rings. The van der Waals surface area contributed by atoms with E-state index in [9.17, 15) is 14.7 Å². The Hall–Kier alpha value is -0.530. The van der Waals surface area contributed by atoms with Crippen molar-refractivity contribution in [2.24, 2.45) is 11.3 Å². The minimum absolute atomic E-state index is 0.0139. The molecule has 0 aromatic rings. The molecule has 0 aromatic heterocycles. The highest BCUT2D eigenvalue weighted by molar-refractivity contribution is 14.1. The SMILES string of the molecule is C[C@@H](CI)C1(C(=O)O)CCN(C(=O)O)C1. The molecule has 15 heavy (non-hydrogen) atoms. The van der Waals surface area contributed by atoms with Crippen LogP contribution in [-0.4, -0.2) is 44.7 Å². The highest BCUT2D eigenvalue weighted by atomic mass is 127. The summed E-state index contributed by atoms with van der Waals surface area (Å²) >= 11 is 2.14. The summed E-state index contributed by atoms with van der Waals surface area (Å²) in [5, 5.41) is 18.1. The van der Waals surface area contributed by atoms with Crippen molar-refractivity contribution in [2.45, 2.75) is 13.3 Å². The number of alkyl halides is 1. The molecule has 1 saturated heterocycles. The molecule has 1 unspecified atom stereocenters. The standard InChI is InChI=1S/C9H14INO4/c1-6(4-10)9(7(12)13)2-3-11(5-9)8(14)15/h6H,2-5H2,1H3,(H,12,13)(H,14,15)/t6-,9?/m0/s1. The van der Waals surface area contributed by atoms with Gasteiger partial charge in [0.05, 0.1) is 5.41 Å². The van der Waals surface area contributed by atoms with E-state index in [0.717, 1.165) is 4.43 Å². The molecule has 0 aromatic carbocycles. The first-order chi connectivity index (χ1) is 6.94. The van der Waals surface area contributed by atoms with Gasteiger partial charge in [0.1, 0.15) is 0 Å². The summed E-state index contributed by atoms with van der Waals surface area (Å²) in [6.07, 6.45) is -0.613. The molecule has 6 heteroatoms. The quantitative estimate of drug-likeness (QED) is 0.608. The number of carboxylic acid groups (broad SMARTS) is 2. The Morgan fingerprint density at radius 3 is 2.47 bits per heavy atom. The Morgan fingerprint density at radius 1 is 1.53 bits per heavy atom. The number of rotatable bonds is 3. The second-order valence-corrected chi connectivity index (χ2v) is 4.85. The van der Waals surface area contributed by atoms with E-state index in [0.29, 0.717) is 13.0 Å². The fraction of sp³-hybridized carbons (Fsp3) is 0.778. The van der Waals surface area contributed by atoms with Gasteiger partial charge in [-0.25, -0.2) is 4.79 Å². The van der Waals surface area contributed by atoms with E-state index in [2.05, 4.69) is 22.6 Å². The maximum atomic E-state index is 11.3. The number of carbonyl (C=O) groups is 2. The van der Waals surface area contributed by atoms with Crippen LogP contribution < -0.4 is 0 Å². The van der Waals surface area contributed by atoms with E-state index in [-0.39, 0.29) is 12.5 Å². The van der Waals surface area contributed by atoms with Gasteiger partial charge in [-0.3, -0.25) is 4.79 Å². The molecule has 5 nitrogen and oxygen atoms in total. The van der Waals surface area contributed by atoms with Crippen LogP contribution in [0, 0.1) is 11.3 Å². The first-order valence-electron chi connectivity index (χ1n) is 4.71. The van der Waals surface area contributed by atoms with Crippen molar-refractivity contribution in [1.29, 1.82) is 0 Å². The van der Waals surface area contributed by atoms with Crippen molar-refractivity contribution < 1.29 is 19.8 Å². The summed E-state index contributed by atoms with van der Waals surface area (Å²) in [5.74, 6) is -0.893. The predicted molar refractivity (Wildman–Crippen MR) is 62.3 cm³/mol. The smallest absolute Gasteiger partial charge is 0.407 e. The normalized spacial score (nSPS) is 27.7. The van der Waals surface area contributed by atoms with Crippen molar-refractivity contribution in [1.82, 2.24) is 4.90 Å². The maximum Gasteiger partial charge on any atom is 0.407 e. The van der Waals surface area contributed by atoms with Crippen molar-refractivity contribution in [2.75, 3.05) is 17.5 Å². The van der Waals surface area contributed by atoms with Crippen LogP contribution in [0.25, 0.3) is 0 Å². The first kappa shape index (κ1) is 12.5. The molecule has 0 aliphatic carbocycles. The number of likely N-dealkylation sites (tertiary alicyclic amines) is 1. The second-order valence-electron chi connectivity index (χ2n) is 3.97. The Bertz CT molecular complexity index is 283. The van der Waals surface area contributed by atoms with Crippen molar-refractivity contribution in [3.05, 3.63) is 0 Å². The Kier molecular flexibility index (Phi) is 3.80. The number of hydrogen-bond donors (Lipinski definition) is 2. The Labute approximate surface area is 102 Å². The molecule has 0 bridgehead atoms. The largest absolute Gasteiger partial charge is 0.481 e. The fourth-order valence-corrected chi connectivity index (χ4v) is 2.77. The first-order valence-corrected chi connectivity index (χ1v) is 6.24. The van der Waals surface area contributed by atoms with Gasteiger partial charge in [-0.2, -0.15) is 0 Å². The molecule has 86 valence electrons. The van der Waals surface area contributed by atoms with Crippen LogP contribution in [-0.2, 0) is 4.79 Å². The van der Waals surface area contributed by atoms with Gasteiger partial charge in [-0.05, 0) is 12.3 Å². The summed E-state index contributed by atoms with van der Waals surface area (Å²) in [7, 11) is 0. The molecule has 1 aliphatic rings. The number of nitrogens with zero attached hydrogens (tertiary/aromatic N) is 1. The molecule has 0 saturated carbocycles. The molecule has 2 atom stereocenters. The lowest BCUT2D eigenvalue weighted by molar-refractivity contribution is -0.150. The molecular weight excluding hydrogens is 313 g/mol. The minimum atomic E-state index is -1.03. The molecule has 0 radical (unpaired) electrons. The van der Waals surface area contributed by atoms with Crippen LogP contribution in [0.15, 0.2) is 0 Å². The number of halogens is 1. The Morgan fingerprint density at radius 2 is 2.13 bits per heavy atom. The number of aliphatic carboxylic acids is 1. The van der Waals surface area contributed by atoms with Crippen LogP contribution >= 0.6 is 22.6 Å². The topological polar surface area (TPSA) is 77.8 Å². The lowest BCUT2D eigenvalue weighted by Crippen LogP contribution is -2.41. The third-order valence-electron chi connectivity index (χ3n) is 3.17. The number of amides is 1. The molecule has 1 rings (SSSR count). The zero-order valence-corrected chi connectivity index (χ0v) is 10.6. The van der Waals surface area contributed by atoms with E-state index in [1.54, 1.807) is 0 Å². The summed E-state index contributed by atoms with van der Waals surface area (Å²) < 4.78 is 0.720. The van der Waals surface area contributed by atoms with Crippen molar-refractivity contribution in [3.8, 4) is 0 Å². The summed E-state index contributed by atoms with van der Waals surface area (Å²) in [6.45, 7) is 2.30. The molecule has 1 heterocycles. The van der Waals surface area contributed by atoms with Gasteiger partial charge in [-0.1, -0.05) is 29.5 Å². The lowest BCUT2D eigenvalue weighted by atomic mass is 9.76. The highest BCUT2D eigenvalue weighted by Crippen LogP contribution is 2.39. The van der Waals surface area contributed by atoms with E-state index in [4.69, 9.17) is 5.11 Å². The molecule has 0 spiro atoms. The van der Waals surface area contributed by atoms with Crippen molar-refractivity contribution in [3.63, 3.8) is 0 Å². The van der Waals surface area contributed by atoms with E-state index in [1.165, 1.54) is 4.90 Å². The van der Waals surface area contributed by atoms with Crippen LogP contribution in [0.4, 0.5) is 4.79 Å². The third-order valence-corrected chi connectivity index (χ3v) is 4.49. The lowest BCUT2D eigenvalue weighted by Gasteiger charge is -2.29. The summed E-state index contributed by atoms with van der Waals surface area (Å²) in [6, 6.07) is 0. The fourth-order valence-electron chi connectivity index (χ4n) is 1.93. The zero-order valence-electron chi connectivity index (χ0n) is 8.44. The van der Waals surface area contributed by atoms with Crippen LogP contribution in [0.1, 0.15) is 13.3 Å².